The van der Waals surface area contributed by atoms with E-state index in [0.717, 1.165) is 41.2 Å². The van der Waals surface area contributed by atoms with Gasteiger partial charge >= 0.3 is 0 Å². The van der Waals surface area contributed by atoms with Gasteiger partial charge in [-0.15, -0.1) is 0 Å². The number of nitrogens with one attached hydrogen (secondary N) is 1. The van der Waals surface area contributed by atoms with Gasteiger partial charge in [0.2, 0.25) is 11.8 Å². The van der Waals surface area contributed by atoms with Gasteiger partial charge in [0.1, 0.15) is 11.5 Å². The Hall–Kier alpha value is -3.34. The zero-order valence-corrected chi connectivity index (χ0v) is 18.8. The Morgan fingerprint density at radius 1 is 1.06 bits per heavy atom. The highest BCUT2D eigenvalue weighted by atomic mass is 16.3. The van der Waals surface area contributed by atoms with Crippen LogP contribution in [0.15, 0.2) is 65.1 Å². The maximum absolute atomic E-state index is 12.7. The number of rotatable bonds is 7. The van der Waals surface area contributed by atoms with Crippen LogP contribution in [0.4, 0.5) is 5.69 Å². The van der Waals surface area contributed by atoms with Crippen LogP contribution in [0.1, 0.15) is 43.6 Å². The summed E-state index contributed by atoms with van der Waals surface area (Å²) in [6, 6.07) is 19.9. The molecular formula is C27H30N2O3. The van der Waals surface area contributed by atoms with Crippen LogP contribution in [0.5, 0.6) is 0 Å². The molecule has 0 spiro atoms. The minimum Gasteiger partial charge on any atom is -0.461 e. The minimum absolute atomic E-state index is 0.0261. The topological polar surface area (TPSA) is 62.6 Å². The van der Waals surface area contributed by atoms with Crippen molar-refractivity contribution in [1.82, 2.24) is 4.90 Å². The highest BCUT2D eigenvalue weighted by Crippen LogP contribution is 2.30. The van der Waals surface area contributed by atoms with Crippen LogP contribution in [0, 0.1) is 5.92 Å². The van der Waals surface area contributed by atoms with Crippen molar-refractivity contribution >= 4 is 17.5 Å². The Morgan fingerprint density at radius 2 is 1.81 bits per heavy atom. The second-order valence-electron chi connectivity index (χ2n) is 8.83. The van der Waals surface area contributed by atoms with Crippen molar-refractivity contribution in [3.05, 3.63) is 77.6 Å². The Kier molecular flexibility index (Phi) is 6.74. The molecule has 0 unspecified atom stereocenters. The first-order chi connectivity index (χ1) is 15.5. The quantitative estimate of drug-likeness (QED) is 0.542. The van der Waals surface area contributed by atoms with E-state index in [1.807, 2.05) is 67.3 Å². The molecule has 166 valence electrons. The lowest BCUT2D eigenvalue weighted by Crippen LogP contribution is -2.35. The number of carbonyl (C=O) groups excluding carboxylic acids is 2. The molecule has 3 aromatic rings. The van der Waals surface area contributed by atoms with E-state index in [-0.39, 0.29) is 11.8 Å². The van der Waals surface area contributed by atoms with E-state index in [9.17, 15) is 9.59 Å². The molecule has 4 rings (SSSR count). The second kappa shape index (κ2) is 9.86. The van der Waals surface area contributed by atoms with Crippen LogP contribution in [0.2, 0.25) is 0 Å². The highest BCUT2D eigenvalue weighted by Gasteiger charge is 2.24. The number of hydrogen-bond acceptors (Lipinski definition) is 3. The average molecular weight is 431 g/mol. The number of fused-ring (bicyclic) bond motifs is 1. The van der Waals surface area contributed by atoms with Gasteiger partial charge in [-0.3, -0.25) is 9.59 Å². The molecule has 0 bridgehead atoms. The molecule has 0 atom stereocenters. The molecule has 0 saturated carbocycles. The summed E-state index contributed by atoms with van der Waals surface area (Å²) in [5, 5.41) is 2.93. The molecule has 1 aromatic heterocycles. The molecular weight excluding hydrogens is 400 g/mol. The normalized spacial score (nSPS) is 13.2. The van der Waals surface area contributed by atoms with Gasteiger partial charge in [0.25, 0.3) is 0 Å². The predicted octanol–water partition coefficient (Wildman–Crippen LogP) is 5.45. The number of benzene rings is 2. The number of carbonyl (C=O) groups is 2. The number of anilines is 1. The third kappa shape index (κ3) is 5.47. The fourth-order valence-electron chi connectivity index (χ4n) is 4.04. The lowest BCUT2D eigenvalue weighted by Gasteiger charge is -2.26. The van der Waals surface area contributed by atoms with Crippen LogP contribution in [-0.2, 0) is 29.0 Å². The number of furan rings is 1. The monoisotopic (exact) mass is 430 g/mol. The smallest absolute Gasteiger partial charge is 0.224 e. The maximum Gasteiger partial charge on any atom is 0.224 e. The van der Waals surface area contributed by atoms with E-state index in [2.05, 4.69) is 17.4 Å². The highest BCUT2D eigenvalue weighted by molar-refractivity contribution is 5.91. The van der Waals surface area contributed by atoms with E-state index in [0.29, 0.717) is 31.8 Å². The van der Waals surface area contributed by atoms with Crippen molar-refractivity contribution in [2.45, 2.75) is 46.1 Å². The van der Waals surface area contributed by atoms with Crippen molar-refractivity contribution in [3.8, 4) is 11.3 Å². The molecule has 2 amide bonds. The summed E-state index contributed by atoms with van der Waals surface area (Å²) >= 11 is 0. The molecule has 2 heterocycles. The fourth-order valence-corrected chi connectivity index (χ4v) is 4.04. The van der Waals surface area contributed by atoms with Gasteiger partial charge in [-0.25, -0.2) is 0 Å². The summed E-state index contributed by atoms with van der Waals surface area (Å²) in [6.45, 7) is 5.34. The first kappa shape index (κ1) is 21.9. The van der Waals surface area contributed by atoms with Crippen LogP contribution >= 0.6 is 0 Å². The molecule has 1 aliphatic rings. The van der Waals surface area contributed by atoms with Gasteiger partial charge < -0.3 is 14.6 Å². The number of amides is 2. The van der Waals surface area contributed by atoms with Gasteiger partial charge in [0, 0.05) is 49.2 Å². The molecule has 5 nitrogen and oxygen atoms in total. The lowest BCUT2D eigenvalue weighted by molar-refractivity contribution is -0.132. The molecule has 0 radical (unpaired) electrons. The van der Waals surface area contributed by atoms with Crippen molar-refractivity contribution in [1.29, 1.82) is 0 Å². The largest absolute Gasteiger partial charge is 0.461 e. The third-order valence-corrected chi connectivity index (χ3v) is 5.74. The summed E-state index contributed by atoms with van der Waals surface area (Å²) in [5.41, 5.74) is 4.01. The second-order valence-corrected chi connectivity index (χ2v) is 8.83. The van der Waals surface area contributed by atoms with Gasteiger partial charge in [-0.2, -0.15) is 0 Å². The molecule has 1 aliphatic heterocycles. The molecule has 2 aromatic carbocycles. The Labute approximate surface area is 189 Å². The summed E-state index contributed by atoms with van der Waals surface area (Å²) in [6.07, 6.45) is 2.52. The molecule has 0 aliphatic carbocycles. The molecule has 32 heavy (non-hydrogen) atoms. The Bertz CT molecular complexity index is 1070. The summed E-state index contributed by atoms with van der Waals surface area (Å²) in [7, 11) is 0. The van der Waals surface area contributed by atoms with Gasteiger partial charge in [-0.1, -0.05) is 44.2 Å². The van der Waals surface area contributed by atoms with E-state index in [1.54, 1.807) is 0 Å². The number of nitrogens with zero attached hydrogens (tertiary/aromatic N) is 1. The van der Waals surface area contributed by atoms with E-state index >= 15 is 0 Å². The summed E-state index contributed by atoms with van der Waals surface area (Å²) < 4.78 is 6.10. The van der Waals surface area contributed by atoms with Crippen LogP contribution < -0.4 is 5.32 Å². The minimum atomic E-state index is 0.0261. The summed E-state index contributed by atoms with van der Waals surface area (Å²) in [5.74, 6) is 2.30. The van der Waals surface area contributed by atoms with Crippen molar-refractivity contribution in [3.63, 3.8) is 0 Å². The first-order valence-electron chi connectivity index (χ1n) is 11.3. The average Bonchev–Trinajstić information content (AvgIpc) is 3.21. The SMILES string of the molecule is CC(C)CC(=O)Nc1ccc(-c2cc3c(o2)CCN(C(=O)CCc2ccccc2)C3)cc1. The number of hydrogen-bond donors (Lipinski definition) is 1. The lowest BCUT2D eigenvalue weighted by atomic mass is 10.1. The van der Waals surface area contributed by atoms with Crippen LogP contribution in [0.3, 0.4) is 0 Å². The summed E-state index contributed by atoms with van der Waals surface area (Å²) in [4.78, 5) is 26.6. The maximum atomic E-state index is 12.7. The van der Waals surface area contributed by atoms with Crippen LogP contribution in [-0.4, -0.2) is 23.3 Å². The van der Waals surface area contributed by atoms with E-state index < -0.39 is 0 Å². The molecule has 1 N–H and O–H groups in total. The van der Waals surface area contributed by atoms with E-state index in [1.165, 1.54) is 5.56 Å². The number of aryl methyl sites for hydroxylation is 1. The zero-order valence-electron chi connectivity index (χ0n) is 18.8. The standard InChI is InChI=1S/C27H30N2O3/c1-19(2)16-26(30)28-23-11-9-21(10-12-23)25-17-22-18-29(15-14-24(22)32-25)27(31)13-8-20-6-4-3-5-7-20/h3-7,9-12,17,19H,8,13-16,18H2,1-2H3,(H,28,30). The van der Waals surface area contributed by atoms with Crippen molar-refractivity contribution in [2.75, 3.05) is 11.9 Å². The van der Waals surface area contributed by atoms with Crippen LogP contribution in [0.25, 0.3) is 11.3 Å². The van der Waals surface area contributed by atoms with Crippen molar-refractivity contribution in [2.24, 2.45) is 5.92 Å². The first-order valence-corrected chi connectivity index (χ1v) is 11.3. The molecule has 0 saturated heterocycles. The fraction of sp³-hybridized carbons (Fsp3) is 0.333. The van der Waals surface area contributed by atoms with Crippen molar-refractivity contribution < 1.29 is 14.0 Å². The van der Waals surface area contributed by atoms with E-state index in [4.69, 9.17) is 4.42 Å². The van der Waals surface area contributed by atoms with Gasteiger partial charge in [-0.05, 0) is 48.2 Å². The van der Waals surface area contributed by atoms with Gasteiger partial charge in [0.15, 0.2) is 0 Å². The Balaban J connectivity index is 1.36. The molecule has 5 heteroatoms. The third-order valence-electron chi connectivity index (χ3n) is 5.74. The molecule has 0 fully saturated rings. The van der Waals surface area contributed by atoms with Gasteiger partial charge in [0.05, 0.1) is 0 Å². The zero-order chi connectivity index (χ0) is 22.5. The Morgan fingerprint density at radius 3 is 2.53 bits per heavy atom. The predicted molar refractivity (Wildman–Crippen MR) is 126 cm³/mol.